The van der Waals surface area contributed by atoms with E-state index in [0.29, 0.717) is 12.1 Å². The highest BCUT2D eigenvalue weighted by Gasteiger charge is 2.39. The highest BCUT2D eigenvalue weighted by Crippen LogP contribution is 2.44. The summed E-state index contributed by atoms with van der Waals surface area (Å²) < 4.78 is 26.8. The predicted molar refractivity (Wildman–Crippen MR) is 55.7 cm³/mol. The molecule has 0 aromatic heterocycles. The zero-order valence-corrected chi connectivity index (χ0v) is 8.76. The van der Waals surface area contributed by atoms with E-state index in [-0.39, 0.29) is 11.0 Å². The summed E-state index contributed by atoms with van der Waals surface area (Å²) >= 11 is 0. The van der Waals surface area contributed by atoms with Crippen LogP contribution in [0.5, 0.6) is 0 Å². The van der Waals surface area contributed by atoms with Crippen LogP contribution in [0, 0.1) is 23.0 Å². The Bertz CT molecular complexity index is 453. The molecule has 0 amide bonds. The van der Waals surface area contributed by atoms with Gasteiger partial charge < -0.3 is 5.73 Å². The van der Waals surface area contributed by atoms with Crippen molar-refractivity contribution in [3.63, 3.8) is 0 Å². The summed E-state index contributed by atoms with van der Waals surface area (Å²) in [6.07, 6.45) is 2.60. The first-order chi connectivity index (χ1) is 7.63. The molecule has 0 unspecified atom stereocenters. The summed E-state index contributed by atoms with van der Waals surface area (Å²) in [5.41, 5.74) is 5.54. The lowest BCUT2D eigenvalue weighted by Crippen LogP contribution is -2.42. The second kappa shape index (κ2) is 3.84. The van der Waals surface area contributed by atoms with Crippen molar-refractivity contribution in [1.29, 1.82) is 5.26 Å². The van der Waals surface area contributed by atoms with E-state index >= 15 is 0 Å². The number of nitrogens with zero attached hydrogens (tertiary/aromatic N) is 1. The summed E-state index contributed by atoms with van der Waals surface area (Å²) in [7, 11) is 0. The van der Waals surface area contributed by atoms with Crippen molar-refractivity contribution in [3.8, 4) is 6.07 Å². The maximum atomic E-state index is 13.7. The first-order valence-corrected chi connectivity index (χ1v) is 5.23. The molecule has 1 aromatic carbocycles. The Hall–Kier alpha value is -1.47. The van der Waals surface area contributed by atoms with E-state index in [1.165, 1.54) is 6.07 Å². The van der Waals surface area contributed by atoms with Crippen LogP contribution < -0.4 is 5.73 Å². The van der Waals surface area contributed by atoms with Crippen molar-refractivity contribution < 1.29 is 8.78 Å². The van der Waals surface area contributed by atoms with Crippen molar-refractivity contribution in [3.05, 3.63) is 34.9 Å². The SMILES string of the molecule is N#Cc1cc(C2(CN)CCC2)c(F)cc1F. The van der Waals surface area contributed by atoms with Crippen LogP contribution >= 0.6 is 0 Å². The van der Waals surface area contributed by atoms with E-state index in [2.05, 4.69) is 0 Å². The summed E-state index contributed by atoms with van der Waals surface area (Å²) in [5, 5.41) is 8.72. The lowest BCUT2D eigenvalue weighted by atomic mass is 9.64. The van der Waals surface area contributed by atoms with E-state index in [4.69, 9.17) is 11.0 Å². The van der Waals surface area contributed by atoms with Gasteiger partial charge in [0.1, 0.15) is 17.7 Å². The maximum absolute atomic E-state index is 13.7. The van der Waals surface area contributed by atoms with Crippen LogP contribution in [0.4, 0.5) is 8.78 Å². The van der Waals surface area contributed by atoms with Crippen LogP contribution in [0.3, 0.4) is 0 Å². The quantitative estimate of drug-likeness (QED) is 0.834. The Morgan fingerprint density at radius 2 is 2.00 bits per heavy atom. The van der Waals surface area contributed by atoms with Gasteiger partial charge in [-0.05, 0) is 24.5 Å². The van der Waals surface area contributed by atoms with Crippen LogP contribution in [0.1, 0.15) is 30.4 Å². The van der Waals surface area contributed by atoms with Crippen molar-refractivity contribution in [2.24, 2.45) is 5.73 Å². The summed E-state index contributed by atoms with van der Waals surface area (Å²) in [6.45, 7) is 0.334. The number of nitrogens with two attached hydrogens (primary N) is 1. The molecule has 84 valence electrons. The molecule has 0 atom stereocenters. The number of rotatable bonds is 2. The second-order valence-corrected chi connectivity index (χ2v) is 4.26. The van der Waals surface area contributed by atoms with Gasteiger partial charge in [0.05, 0.1) is 5.56 Å². The molecule has 0 saturated heterocycles. The Morgan fingerprint density at radius 1 is 1.31 bits per heavy atom. The van der Waals surface area contributed by atoms with Gasteiger partial charge in [-0.25, -0.2) is 8.78 Å². The zero-order valence-electron chi connectivity index (χ0n) is 8.76. The molecule has 1 saturated carbocycles. The van der Waals surface area contributed by atoms with Gasteiger partial charge in [0, 0.05) is 18.0 Å². The fourth-order valence-corrected chi connectivity index (χ4v) is 2.23. The van der Waals surface area contributed by atoms with Crippen LogP contribution in [0.25, 0.3) is 0 Å². The largest absolute Gasteiger partial charge is 0.330 e. The number of hydrogen-bond donors (Lipinski definition) is 1. The molecule has 2 rings (SSSR count). The normalized spacial score (nSPS) is 17.6. The highest BCUT2D eigenvalue weighted by atomic mass is 19.1. The zero-order chi connectivity index (χ0) is 11.8. The fourth-order valence-electron chi connectivity index (χ4n) is 2.23. The Balaban J connectivity index is 2.53. The average molecular weight is 222 g/mol. The number of halogens is 2. The Kier molecular flexibility index (Phi) is 2.64. The third-order valence-electron chi connectivity index (χ3n) is 3.45. The molecule has 0 aliphatic heterocycles. The van der Waals surface area contributed by atoms with Gasteiger partial charge in [0.15, 0.2) is 0 Å². The molecule has 2 N–H and O–H groups in total. The minimum atomic E-state index is -0.810. The smallest absolute Gasteiger partial charge is 0.143 e. The van der Waals surface area contributed by atoms with Crippen LogP contribution in [-0.2, 0) is 5.41 Å². The van der Waals surface area contributed by atoms with Crippen LogP contribution in [0.15, 0.2) is 12.1 Å². The summed E-state index contributed by atoms with van der Waals surface area (Å²) in [5.74, 6) is -1.41. The van der Waals surface area contributed by atoms with Crippen molar-refractivity contribution in [2.75, 3.05) is 6.54 Å². The summed E-state index contributed by atoms with van der Waals surface area (Å²) in [6, 6.07) is 3.81. The molecule has 1 aliphatic carbocycles. The molecule has 0 heterocycles. The van der Waals surface area contributed by atoms with Gasteiger partial charge in [-0.1, -0.05) is 6.42 Å². The molecular formula is C12H12F2N2. The van der Waals surface area contributed by atoms with Gasteiger partial charge in [0.25, 0.3) is 0 Å². The molecule has 0 bridgehead atoms. The van der Waals surface area contributed by atoms with E-state index in [0.717, 1.165) is 25.3 Å². The van der Waals surface area contributed by atoms with E-state index in [1.54, 1.807) is 6.07 Å². The number of hydrogen-bond acceptors (Lipinski definition) is 2. The van der Waals surface area contributed by atoms with Crippen LogP contribution in [0.2, 0.25) is 0 Å². The number of benzene rings is 1. The lowest BCUT2D eigenvalue weighted by molar-refractivity contribution is 0.244. The molecule has 1 aliphatic rings. The number of nitriles is 1. The standard InChI is InChI=1S/C12H12F2N2/c13-10-5-11(14)9(4-8(10)6-15)12(7-16)2-1-3-12/h4-5H,1-3,7,16H2. The second-order valence-electron chi connectivity index (χ2n) is 4.26. The van der Waals surface area contributed by atoms with Gasteiger partial charge in [-0.2, -0.15) is 5.26 Å². The Labute approximate surface area is 92.7 Å². The van der Waals surface area contributed by atoms with Gasteiger partial charge in [-0.15, -0.1) is 0 Å². The Morgan fingerprint density at radius 3 is 2.44 bits per heavy atom. The predicted octanol–water partition coefficient (Wildman–Crippen LogP) is 2.22. The topological polar surface area (TPSA) is 49.8 Å². The van der Waals surface area contributed by atoms with Crippen molar-refractivity contribution in [1.82, 2.24) is 0 Å². The summed E-state index contributed by atoms with van der Waals surface area (Å²) in [4.78, 5) is 0. The molecule has 4 heteroatoms. The molecule has 2 nitrogen and oxygen atoms in total. The molecule has 1 fully saturated rings. The maximum Gasteiger partial charge on any atom is 0.143 e. The van der Waals surface area contributed by atoms with Crippen molar-refractivity contribution >= 4 is 0 Å². The van der Waals surface area contributed by atoms with E-state index < -0.39 is 11.6 Å². The highest BCUT2D eigenvalue weighted by molar-refractivity contribution is 5.40. The molecular weight excluding hydrogens is 210 g/mol. The molecule has 1 aromatic rings. The third kappa shape index (κ3) is 1.48. The van der Waals surface area contributed by atoms with Gasteiger partial charge in [0.2, 0.25) is 0 Å². The minimum Gasteiger partial charge on any atom is -0.330 e. The fraction of sp³-hybridized carbons (Fsp3) is 0.417. The third-order valence-corrected chi connectivity index (χ3v) is 3.45. The molecule has 0 radical (unpaired) electrons. The van der Waals surface area contributed by atoms with Gasteiger partial charge >= 0.3 is 0 Å². The molecule has 16 heavy (non-hydrogen) atoms. The lowest BCUT2D eigenvalue weighted by Gasteiger charge is -2.41. The molecule has 0 spiro atoms. The van der Waals surface area contributed by atoms with Gasteiger partial charge in [-0.3, -0.25) is 0 Å². The first-order valence-electron chi connectivity index (χ1n) is 5.23. The minimum absolute atomic E-state index is 0.115. The average Bonchev–Trinajstić information content (AvgIpc) is 2.20. The van der Waals surface area contributed by atoms with E-state index in [1.807, 2.05) is 0 Å². The van der Waals surface area contributed by atoms with Crippen LogP contribution in [-0.4, -0.2) is 6.54 Å². The van der Waals surface area contributed by atoms with E-state index in [9.17, 15) is 8.78 Å². The monoisotopic (exact) mass is 222 g/mol. The van der Waals surface area contributed by atoms with Crippen molar-refractivity contribution in [2.45, 2.75) is 24.7 Å². The first kappa shape index (κ1) is 11.0.